The summed E-state index contributed by atoms with van der Waals surface area (Å²) in [5.74, 6) is -0.141. The highest BCUT2D eigenvalue weighted by Gasteiger charge is 2.33. The summed E-state index contributed by atoms with van der Waals surface area (Å²) >= 11 is 0. The first-order valence-electron chi connectivity index (χ1n) is 10.7. The van der Waals surface area contributed by atoms with Gasteiger partial charge in [0, 0.05) is 49.7 Å². The first-order valence-corrected chi connectivity index (χ1v) is 10.7. The minimum Gasteiger partial charge on any atom is -0.372 e. The Hall–Kier alpha value is -2.21. The van der Waals surface area contributed by atoms with Crippen molar-refractivity contribution < 1.29 is 14.5 Å². The van der Waals surface area contributed by atoms with Gasteiger partial charge in [-0.15, -0.1) is 0 Å². The van der Waals surface area contributed by atoms with Crippen LogP contribution in [0.4, 0.5) is 5.69 Å². The van der Waals surface area contributed by atoms with Crippen LogP contribution in [0.25, 0.3) is 0 Å². The summed E-state index contributed by atoms with van der Waals surface area (Å²) in [6.45, 7) is 6.11. The van der Waals surface area contributed by atoms with Crippen molar-refractivity contribution in [1.29, 1.82) is 0 Å². The molecule has 2 rings (SSSR count). The van der Waals surface area contributed by atoms with E-state index in [-0.39, 0.29) is 11.5 Å². The van der Waals surface area contributed by atoms with E-state index in [0.717, 1.165) is 50.9 Å². The van der Waals surface area contributed by atoms with Crippen LogP contribution in [-0.4, -0.2) is 41.4 Å². The molecule has 0 amide bonds. The van der Waals surface area contributed by atoms with E-state index in [0.29, 0.717) is 5.56 Å². The van der Waals surface area contributed by atoms with Crippen molar-refractivity contribution in [2.24, 2.45) is 0 Å². The van der Waals surface area contributed by atoms with Gasteiger partial charge in [-0.2, -0.15) is 0 Å². The molecule has 1 unspecified atom stereocenters. The molecule has 1 aromatic carbocycles. The maximum Gasteiger partial charge on any atom is 0.269 e. The number of nitrogens with zero attached hydrogens (tertiary/aromatic N) is 2. The van der Waals surface area contributed by atoms with Crippen molar-refractivity contribution in [3.63, 3.8) is 0 Å². The lowest BCUT2D eigenvalue weighted by Crippen LogP contribution is -2.42. The van der Waals surface area contributed by atoms with Crippen LogP contribution in [0.2, 0.25) is 0 Å². The minimum atomic E-state index is -0.526. The molecule has 1 aromatic rings. The lowest BCUT2D eigenvalue weighted by atomic mass is 9.90. The summed E-state index contributed by atoms with van der Waals surface area (Å²) in [6, 6.07) is 5.80. The number of nitro groups is 1. The van der Waals surface area contributed by atoms with Crippen molar-refractivity contribution in [3.8, 4) is 0 Å². The summed E-state index contributed by atoms with van der Waals surface area (Å²) < 4.78 is 5.97. The summed E-state index contributed by atoms with van der Waals surface area (Å²) in [6.07, 6.45) is 10.6. The van der Waals surface area contributed by atoms with Gasteiger partial charge in [0.25, 0.3) is 5.69 Å². The summed E-state index contributed by atoms with van der Waals surface area (Å²) in [7, 11) is 1.72. The highest BCUT2D eigenvalue weighted by Crippen LogP contribution is 2.32. The molecule has 1 saturated heterocycles. The molecule has 0 aromatic heterocycles. The number of non-ortho nitro benzene ring substituents is 1. The van der Waals surface area contributed by atoms with Gasteiger partial charge in [0.05, 0.1) is 4.92 Å². The van der Waals surface area contributed by atoms with Crippen molar-refractivity contribution >= 4 is 11.5 Å². The van der Waals surface area contributed by atoms with Gasteiger partial charge < -0.3 is 9.64 Å². The Balaban J connectivity index is 2.29. The average molecular weight is 403 g/mol. The van der Waals surface area contributed by atoms with E-state index in [1.54, 1.807) is 13.2 Å². The molecule has 0 N–H and O–H groups in total. The molecule has 0 bridgehead atoms. The van der Waals surface area contributed by atoms with Gasteiger partial charge in [-0.05, 0) is 44.7 Å². The van der Waals surface area contributed by atoms with Crippen molar-refractivity contribution in [3.05, 3.63) is 51.7 Å². The van der Waals surface area contributed by atoms with Gasteiger partial charge in [-0.25, -0.2) is 0 Å². The number of piperidine rings is 1. The molecule has 29 heavy (non-hydrogen) atoms. The van der Waals surface area contributed by atoms with E-state index in [1.807, 2.05) is 0 Å². The number of unbranched alkanes of at least 4 members (excludes halogenated alkanes) is 3. The molecule has 1 aliphatic heterocycles. The molecule has 0 spiro atoms. The molecule has 1 fully saturated rings. The molecule has 160 valence electrons. The third kappa shape index (κ3) is 6.39. The maximum absolute atomic E-state index is 13.0. The number of carbonyl (C=O) groups is 1. The van der Waals surface area contributed by atoms with Gasteiger partial charge in [0.15, 0.2) is 5.78 Å². The number of allylic oxidation sites excluding steroid dienone is 1. The number of nitro benzene ring substituents is 1. The van der Waals surface area contributed by atoms with E-state index < -0.39 is 10.5 Å². The van der Waals surface area contributed by atoms with Crippen LogP contribution in [0.5, 0.6) is 0 Å². The molecule has 1 aliphatic rings. The molecule has 0 saturated carbocycles. The number of carbonyl (C=O) groups excluding carboxylic acids is 1. The van der Waals surface area contributed by atoms with Crippen molar-refractivity contribution in [2.75, 3.05) is 20.2 Å². The van der Waals surface area contributed by atoms with E-state index in [4.69, 9.17) is 4.74 Å². The first-order chi connectivity index (χ1) is 13.9. The number of ketones is 1. The van der Waals surface area contributed by atoms with Crippen molar-refractivity contribution in [1.82, 2.24) is 4.90 Å². The summed E-state index contributed by atoms with van der Waals surface area (Å²) in [5, 5.41) is 10.9. The first kappa shape index (κ1) is 23.1. The number of hydrogen-bond donors (Lipinski definition) is 0. The van der Waals surface area contributed by atoms with Gasteiger partial charge in [-0.3, -0.25) is 14.9 Å². The lowest BCUT2D eigenvalue weighted by Gasteiger charge is -2.40. The topological polar surface area (TPSA) is 72.7 Å². The summed E-state index contributed by atoms with van der Waals surface area (Å²) in [4.78, 5) is 25.7. The van der Waals surface area contributed by atoms with E-state index >= 15 is 0 Å². The second-order valence-corrected chi connectivity index (χ2v) is 7.99. The standard InChI is InChI=1S/C23H34N2O4/c1-4-5-6-8-15-23(2,29-3)22(24-16-9-7-10-17-24)18-21(26)19-11-13-20(14-12-19)25(27)28/h11-14,18H,4-10,15-17H2,1-3H3/b22-18-. The predicted octanol–water partition coefficient (Wildman–Crippen LogP) is 5.52. The SMILES string of the molecule is CCCCCCC(C)(OC)/C(=C/C(=O)c1ccc([N+](=O)[O-])cc1)N1CCCCC1. The number of likely N-dealkylation sites (tertiary alicyclic amines) is 1. The molecule has 6 heteroatoms. The monoisotopic (exact) mass is 402 g/mol. The van der Waals surface area contributed by atoms with E-state index in [2.05, 4.69) is 18.7 Å². The Morgan fingerprint density at radius 2 is 1.83 bits per heavy atom. The summed E-state index contributed by atoms with van der Waals surface area (Å²) in [5.41, 5.74) is 0.843. The minimum absolute atomic E-state index is 0.0144. The lowest BCUT2D eigenvalue weighted by molar-refractivity contribution is -0.384. The zero-order chi connectivity index (χ0) is 21.3. The number of benzene rings is 1. The van der Waals surface area contributed by atoms with Crippen LogP contribution < -0.4 is 0 Å². The third-order valence-corrected chi connectivity index (χ3v) is 5.83. The van der Waals surface area contributed by atoms with Crippen LogP contribution in [0.1, 0.15) is 75.6 Å². The smallest absolute Gasteiger partial charge is 0.269 e. The van der Waals surface area contributed by atoms with E-state index in [9.17, 15) is 14.9 Å². The number of ether oxygens (including phenoxy) is 1. The molecular weight excluding hydrogens is 368 g/mol. The quantitative estimate of drug-likeness (QED) is 0.160. The van der Waals surface area contributed by atoms with Crippen LogP contribution in [0.15, 0.2) is 36.0 Å². The normalized spacial score (nSPS) is 17.1. The number of hydrogen-bond acceptors (Lipinski definition) is 5. The van der Waals surface area contributed by atoms with E-state index in [1.165, 1.54) is 43.5 Å². The average Bonchev–Trinajstić information content (AvgIpc) is 2.75. The third-order valence-electron chi connectivity index (χ3n) is 5.83. The zero-order valence-electron chi connectivity index (χ0n) is 18.0. The van der Waals surface area contributed by atoms with Crippen LogP contribution >= 0.6 is 0 Å². The fourth-order valence-corrected chi connectivity index (χ4v) is 3.89. The molecule has 1 atom stereocenters. The largest absolute Gasteiger partial charge is 0.372 e. The Kier molecular flexibility index (Phi) is 8.83. The Morgan fingerprint density at radius 1 is 1.17 bits per heavy atom. The van der Waals surface area contributed by atoms with Gasteiger partial charge in [-0.1, -0.05) is 32.6 Å². The zero-order valence-corrected chi connectivity index (χ0v) is 18.0. The van der Waals surface area contributed by atoms with Crippen LogP contribution in [-0.2, 0) is 4.74 Å². The van der Waals surface area contributed by atoms with Gasteiger partial charge in [0.1, 0.15) is 5.60 Å². The Labute approximate surface area is 174 Å². The molecule has 0 radical (unpaired) electrons. The fourth-order valence-electron chi connectivity index (χ4n) is 3.89. The number of rotatable bonds is 11. The molecule has 6 nitrogen and oxygen atoms in total. The second-order valence-electron chi connectivity index (χ2n) is 7.99. The molecule has 1 heterocycles. The Morgan fingerprint density at radius 3 is 2.38 bits per heavy atom. The highest BCUT2D eigenvalue weighted by molar-refractivity contribution is 6.05. The maximum atomic E-state index is 13.0. The van der Waals surface area contributed by atoms with Crippen LogP contribution in [0, 0.1) is 10.1 Å². The van der Waals surface area contributed by atoms with Crippen molar-refractivity contribution in [2.45, 2.75) is 70.8 Å². The highest BCUT2D eigenvalue weighted by atomic mass is 16.6. The molecular formula is C23H34N2O4. The predicted molar refractivity (Wildman–Crippen MR) is 115 cm³/mol. The molecule has 0 aliphatic carbocycles. The Bertz CT molecular complexity index is 708. The van der Waals surface area contributed by atoms with Gasteiger partial charge >= 0.3 is 0 Å². The second kappa shape index (κ2) is 11.1. The number of methoxy groups -OCH3 is 1. The fraction of sp³-hybridized carbons (Fsp3) is 0.609. The van der Waals surface area contributed by atoms with Crippen LogP contribution in [0.3, 0.4) is 0 Å². The van der Waals surface area contributed by atoms with Gasteiger partial charge in [0.2, 0.25) is 0 Å².